The highest BCUT2D eigenvalue weighted by Gasteiger charge is 2.45. The second-order valence-corrected chi connectivity index (χ2v) is 8.40. The van der Waals surface area contributed by atoms with Crippen molar-refractivity contribution in [2.75, 3.05) is 18.4 Å². The lowest BCUT2D eigenvalue weighted by molar-refractivity contribution is -0.126. The molecule has 0 atom stereocenters. The van der Waals surface area contributed by atoms with E-state index in [0.29, 0.717) is 18.1 Å². The van der Waals surface area contributed by atoms with Crippen molar-refractivity contribution in [3.63, 3.8) is 0 Å². The molecule has 0 saturated heterocycles. The maximum atomic E-state index is 13.0. The summed E-state index contributed by atoms with van der Waals surface area (Å²) < 4.78 is 0. The van der Waals surface area contributed by atoms with Gasteiger partial charge in [-0.15, -0.1) is 0 Å². The van der Waals surface area contributed by atoms with Gasteiger partial charge in [0, 0.05) is 41.8 Å². The average molecular weight is 415 g/mol. The molecule has 1 aliphatic carbocycles. The minimum atomic E-state index is -0.189. The molecule has 1 fully saturated rings. The monoisotopic (exact) mass is 415 g/mol. The Morgan fingerprint density at radius 2 is 2.10 bits per heavy atom. The lowest BCUT2D eigenvalue weighted by Gasteiger charge is -2.28. The second-order valence-electron chi connectivity index (χ2n) is 8.40. The molecule has 31 heavy (non-hydrogen) atoms. The number of hydrogen-bond donors (Lipinski definition) is 1. The molecule has 4 heterocycles. The summed E-state index contributed by atoms with van der Waals surface area (Å²) in [6.07, 6.45) is 7.30. The molecule has 1 saturated carbocycles. The van der Waals surface area contributed by atoms with E-state index < -0.39 is 0 Å². The number of rotatable bonds is 5. The molecule has 0 spiro atoms. The predicted molar refractivity (Wildman–Crippen MR) is 118 cm³/mol. The van der Waals surface area contributed by atoms with Crippen LogP contribution in [0.25, 0.3) is 11.3 Å². The first-order valence-electron chi connectivity index (χ1n) is 10.7. The number of carbonyl (C=O) groups is 2. The zero-order valence-electron chi connectivity index (χ0n) is 17.6. The van der Waals surface area contributed by atoms with Crippen molar-refractivity contribution < 1.29 is 9.59 Å². The molecule has 0 radical (unpaired) electrons. The zero-order valence-corrected chi connectivity index (χ0v) is 17.6. The summed E-state index contributed by atoms with van der Waals surface area (Å²) in [6.45, 7) is 6.99. The highest BCUT2D eigenvalue weighted by molar-refractivity contribution is 6.01. The summed E-state index contributed by atoms with van der Waals surface area (Å²) in [6, 6.07) is 7.89. The molecule has 5 rings (SSSR count). The van der Waals surface area contributed by atoms with Crippen LogP contribution in [0.3, 0.4) is 0 Å². The van der Waals surface area contributed by atoms with Crippen molar-refractivity contribution >= 4 is 17.6 Å². The van der Waals surface area contributed by atoms with Crippen molar-refractivity contribution in [1.82, 2.24) is 19.8 Å². The molecule has 2 amide bonds. The van der Waals surface area contributed by atoms with Gasteiger partial charge in [0.2, 0.25) is 5.91 Å². The van der Waals surface area contributed by atoms with Gasteiger partial charge in [-0.3, -0.25) is 14.6 Å². The van der Waals surface area contributed by atoms with Gasteiger partial charge >= 0.3 is 0 Å². The molecule has 7 nitrogen and oxygen atoms in total. The van der Waals surface area contributed by atoms with Crippen molar-refractivity contribution in [2.24, 2.45) is 0 Å². The van der Waals surface area contributed by atoms with E-state index in [-0.39, 0.29) is 24.4 Å². The van der Waals surface area contributed by atoms with Crippen LogP contribution in [0, 0.1) is 6.92 Å². The van der Waals surface area contributed by atoms with Gasteiger partial charge in [0.15, 0.2) is 0 Å². The van der Waals surface area contributed by atoms with E-state index in [2.05, 4.69) is 21.9 Å². The van der Waals surface area contributed by atoms with Crippen molar-refractivity contribution in [3.05, 3.63) is 65.8 Å². The maximum Gasteiger partial charge on any atom is 0.275 e. The molecular weight excluding hydrogens is 390 g/mol. The SMILES string of the molecule is C=C1C2=C(C(=O)N1C1CC1)N(CC(=O)Nc1ccc(-c3cc(C)ccn3)cn1)CCC2. The number of aryl methyl sites for hydroxylation is 1. The maximum absolute atomic E-state index is 13.0. The average Bonchev–Trinajstić information content (AvgIpc) is 3.55. The van der Waals surface area contributed by atoms with Crippen molar-refractivity contribution in [3.8, 4) is 11.3 Å². The topological polar surface area (TPSA) is 78.4 Å². The number of allylic oxidation sites excluding steroid dienone is 1. The van der Waals surface area contributed by atoms with E-state index in [9.17, 15) is 9.59 Å². The Hall–Kier alpha value is -3.48. The number of pyridine rings is 2. The second kappa shape index (κ2) is 7.65. The van der Waals surface area contributed by atoms with Gasteiger partial charge in [0.05, 0.1) is 12.2 Å². The van der Waals surface area contributed by atoms with Gasteiger partial charge in [0.25, 0.3) is 5.91 Å². The summed E-state index contributed by atoms with van der Waals surface area (Å²) in [5.41, 5.74) is 5.36. The Morgan fingerprint density at radius 1 is 1.26 bits per heavy atom. The zero-order chi connectivity index (χ0) is 21.5. The third kappa shape index (κ3) is 3.71. The summed E-state index contributed by atoms with van der Waals surface area (Å²) in [4.78, 5) is 38.2. The lowest BCUT2D eigenvalue weighted by atomic mass is 10.0. The standard InChI is InChI=1S/C24H25N5O2/c1-15-9-10-25-20(12-15)17-5-8-21(26-13-17)27-22(30)14-28-11-3-4-19-16(2)29(18-6-7-18)24(31)23(19)28/h5,8-10,12-13,18H,2-4,6-7,11,14H2,1H3,(H,26,27,30). The van der Waals surface area contributed by atoms with Crippen LogP contribution in [0.15, 0.2) is 60.2 Å². The Labute approximate surface area is 181 Å². The molecule has 7 heteroatoms. The van der Waals surface area contributed by atoms with E-state index in [1.165, 1.54) is 0 Å². The number of amides is 2. The molecule has 2 aliphatic heterocycles. The molecule has 0 unspecified atom stereocenters. The molecule has 1 N–H and O–H groups in total. The Morgan fingerprint density at radius 3 is 2.81 bits per heavy atom. The van der Waals surface area contributed by atoms with Crippen LogP contribution in [0.1, 0.15) is 31.2 Å². The van der Waals surface area contributed by atoms with Crippen LogP contribution in [-0.2, 0) is 9.59 Å². The summed E-state index contributed by atoms with van der Waals surface area (Å²) in [7, 11) is 0. The number of nitrogens with zero attached hydrogens (tertiary/aromatic N) is 4. The first kappa shape index (κ1) is 19.5. The number of anilines is 1. The number of hydrogen-bond acceptors (Lipinski definition) is 5. The Bertz CT molecular complexity index is 1100. The van der Waals surface area contributed by atoms with Gasteiger partial charge < -0.3 is 15.1 Å². The Kier molecular flexibility index (Phi) is 4.81. The minimum absolute atomic E-state index is 0.00290. The fraction of sp³-hybridized carbons (Fsp3) is 0.333. The Balaban J connectivity index is 1.26. The first-order chi connectivity index (χ1) is 15.0. The predicted octanol–water partition coefficient (Wildman–Crippen LogP) is 3.26. The van der Waals surface area contributed by atoms with Crippen molar-refractivity contribution in [2.45, 2.75) is 38.6 Å². The van der Waals surface area contributed by atoms with E-state index in [1.807, 2.05) is 34.9 Å². The third-order valence-corrected chi connectivity index (χ3v) is 6.01. The van der Waals surface area contributed by atoms with Gasteiger partial charge in [-0.25, -0.2) is 4.98 Å². The fourth-order valence-corrected chi connectivity index (χ4v) is 4.34. The summed E-state index contributed by atoms with van der Waals surface area (Å²) in [5, 5.41) is 2.85. The molecular formula is C24H25N5O2. The van der Waals surface area contributed by atoms with Crippen LogP contribution in [0.5, 0.6) is 0 Å². The normalized spacial score (nSPS) is 18.5. The molecule has 0 bridgehead atoms. The smallest absolute Gasteiger partial charge is 0.275 e. The quantitative estimate of drug-likeness (QED) is 0.811. The molecule has 3 aliphatic rings. The minimum Gasteiger partial charge on any atom is -0.357 e. The van der Waals surface area contributed by atoms with E-state index in [4.69, 9.17) is 0 Å². The highest BCUT2D eigenvalue weighted by Crippen LogP contribution is 2.42. The van der Waals surface area contributed by atoms with Crippen LogP contribution < -0.4 is 5.32 Å². The van der Waals surface area contributed by atoms with Gasteiger partial charge in [0.1, 0.15) is 11.5 Å². The molecule has 158 valence electrons. The fourth-order valence-electron chi connectivity index (χ4n) is 4.34. The van der Waals surface area contributed by atoms with Crippen LogP contribution in [-0.4, -0.2) is 50.7 Å². The van der Waals surface area contributed by atoms with Crippen LogP contribution in [0.4, 0.5) is 5.82 Å². The highest BCUT2D eigenvalue weighted by atomic mass is 16.2. The summed E-state index contributed by atoms with van der Waals surface area (Å²) >= 11 is 0. The van der Waals surface area contributed by atoms with E-state index in [1.54, 1.807) is 18.5 Å². The van der Waals surface area contributed by atoms with Gasteiger partial charge in [-0.05, 0) is 62.4 Å². The van der Waals surface area contributed by atoms with Crippen molar-refractivity contribution in [1.29, 1.82) is 0 Å². The van der Waals surface area contributed by atoms with E-state index >= 15 is 0 Å². The molecule has 0 aromatic carbocycles. The molecule has 2 aromatic rings. The number of nitrogens with one attached hydrogen (secondary N) is 1. The van der Waals surface area contributed by atoms with Gasteiger partial charge in [-0.1, -0.05) is 6.58 Å². The van der Waals surface area contributed by atoms with Gasteiger partial charge in [-0.2, -0.15) is 0 Å². The number of carbonyl (C=O) groups excluding carboxylic acids is 2. The molecule has 2 aromatic heterocycles. The lowest BCUT2D eigenvalue weighted by Crippen LogP contribution is -2.39. The number of aromatic nitrogens is 2. The first-order valence-corrected chi connectivity index (χ1v) is 10.7. The van der Waals surface area contributed by atoms with E-state index in [0.717, 1.165) is 53.8 Å². The third-order valence-electron chi connectivity index (χ3n) is 6.01. The van der Waals surface area contributed by atoms with Crippen LogP contribution >= 0.6 is 0 Å². The largest absolute Gasteiger partial charge is 0.357 e. The van der Waals surface area contributed by atoms with Crippen LogP contribution in [0.2, 0.25) is 0 Å². The summed E-state index contributed by atoms with van der Waals surface area (Å²) in [5.74, 6) is 0.295.